The van der Waals surface area contributed by atoms with Gasteiger partial charge in [-0.3, -0.25) is 19.7 Å². The number of halogens is 1. The first-order chi connectivity index (χ1) is 17.5. The summed E-state index contributed by atoms with van der Waals surface area (Å²) in [4.78, 5) is 27.9. The second-order valence-corrected chi connectivity index (χ2v) is 9.25. The Labute approximate surface area is 209 Å². The van der Waals surface area contributed by atoms with Crippen molar-refractivity contribution >= 4 is 11.6 Å². The summed E-state index contributed by atoms with van der Waals surface area (Å²) in [5.41, 5.74) is 4.13. The number of rotatable bonds is 7. The minimum absolute atomic E-state index is 0.146. The molecule has 2 saturated heterocycles. The lowest BCUT2D eigenvalue weighted by Crippen LogP contribution is -2.39. The molecule has 188 valence electrons. The second-order valence-electron chi connectivity index (χ2n) is 9.25. The maximum absolute atomic E-state index is 14.2. The third-order valence-corrected chi connectivity index (χ3v) is 6.67. The van der Waals surface area contributed by atoms with Gasteiger partial charge in [-0.25, -0.2) is 9.37 Å². The van der Waals surface area contributed by atoms with Gasteiger partial charge in [0.1, 0.15) is 12.3 Å². The minimum atomic E-state index is -1.05. The molecule has 2 aromatic heterocycles. The summed E-state index contributed by atoms with van der Waals surface area (Å²) in [6, 6.07) is 10.8. The standard InChI is InChI=1S/C27H30FN5O3/c1-18-24(30-11-10-29-18)17-33-16-21(28)14-25(33)27(34)32-22-5-2-19(3-6-22)20-4-7-26(31-15-20)36-23-8-12-35-13-9-23/h2-7,10-11,15,21,23,25H,8-9,12-14,16-17H2,1H3,(H,32,34)/t21-,25+/m0/s1. The van der Waals surface area contributed by atoms with E-state index in [2.05, 4.69) is 20.3 Å². The Hall–Kier alpha value is -3.43. The minimum Gasteiger partial charge on any atom is -0.474 e. The fourth-order valence-electron chi connectivity index (χ4n) is 4.64. The third-order valence-electron chi connectivity index (χ3n) is 6.67. The summed E-state index contributed by atoms with van der Waals surface area (Å²) in [6.07, 6.45) is 6.04. The average Bonchev–Trinajstić information content (AvgIpc) is 3.27. The Kier molecular flexibility index (Phi) is 7.48. The van der Waals surface area contributed by atoms with Crippen molar-refractivity contribution in [1.82, 2.24) is 19.9 Å². The van der Waals surface area contributed by atoms with Gasteiger partial charge in [0, 0.05) is 68.3 Å². The van der Waals surface area contributed by atoms with Crippen LogP contribution < -0.4 is 10.1 Å². The normalized spacial score (nSPS) is 20.8. The number of carbonyl (C=O) groups excluding carboxylic acids is 1. The molecule has 2 aliphatic rings. The molecule has 0 saturated carbocycles. The summed E-state index contributed by atoms with van der Waals surface area (Å²) in [6.45, 7) is 3.90. The van der Waals surface area contributed by atoms with Crippen molar-refractivity contribution in [3.05, 3.63) is 66.4 Å². The van der Waals surface area contributed by atoms with Crippen LogP contribution in [0.3, 0.4) is 0 Å². The molecule has 0 bridgehead atoms. The van der Waals surface area contributed by atoms with E-state index in [1.807, 2.05) is 48.2 Å². The molecule has 2 fully saturated rings. The quantitative estimate of drug-likeness (QED) is 0.535. The highest BCUT2D eigenvalue weighted by Crippen LogP contribution is 2.26. The number of benzene rings is 1. The number of alkyl halides is 1. The first kappa shape index (κ1) is 24.3. The van der Waals surface area contributed by atoms with Crippen LogP contribution in [-0.2, 0) is 16.1 Å². The Morgan fingerprint density at radius 1 is 1.08 bits per heavy atom. The van der Waals surface area contributed by atoms with Crippen LogP contribution in [0, 0.1) is 6.92 Å². The van der Waals surface area contributed by atoms with Gasteiger partial charge in [-0.05, 0) is 30.7 Å². The Bertz CT molecular complexity index is 1170. The van der Waals surface area contributed by atoms with E-state index in [1.54, 1.807) is 18.6 Å². The zero-order valence-electron chi connectivity index (χ0n) is 20.3. The monoisotopic (exact) mass is 491 g/mol. The van der Waals surface area contributed by atoms with Crippen molar-refractivity contribution < 1.29 is 18.7 Å². The van der Waals surface area contributed by atoms with E-state index in [9.17, 15) is 9.18 Å². The number of ether oxygens (including phenoxy) is 2. The molecule has 5 rings (SSSR count). The first-order valence-corrected chi connectivity index (χ1v) is 12.3. The number of amides is 1. The summed E-state index contributed by atoms with van der Waals surface area (Å²) < 4.78 is 25.6. The SMILES string of the molecule is Cc1nccnc1CN1C[C@@H](F)C[C@@H]1C(=O)Nc1ccc(-c2ccc(OC3CCOCC3)nc2)cc1. The number of likely N-dealkylation sites (tertiary alicyclic amines) is 1. The fraction of sp³-hybridized carbons (Fsp3) is 0.407. The number of hydrogen-bond donors (Lipinski definition) is 1. The topological polar surface area (TPSA) is 89.5 Å². The van der Waals surface area contributed by atoms with Gasteiger partial charge in [0.05, 0.1) is 30.6 Å². The zero-order valence-corrected chi connectivity index (χ0v) is 20.3. The molecule has 4 heterocycles. The maximum Gasteiger partial charge on any atom is 0.241 e. The summed E-state index contributed by atoms with van der Waals surface area (Å²) >= 11 is 0. The molecule has 1 aromatic carbocycles. The number of nitrogens with zero attached hydrogens (tertiary/aromatic N) is 4. The van der Waals surface area contributed by atoms with Crippen LogP contribution in [0.25, 0.3) is 11.1 Å². The smallest absolute Gasteiger partial charge is 0.241 e. The van der Waals surface area contributed by atoms with Crippen LogP contribution in [0.4, 0.5) is 10.1 Å². The zero-order chi connectivity index (χ0) is 24.9. The number of anilines is 1. The molecular formula is C27H30FN5O3. The first-order valence-electron chi connectivity index (χ1n) is 12.3. The number of aryl methyl sites for hydroxylation is 1. The second kappa shape index (κ2) is 11.1. The van der Waals surface area contributed by atoms with Crippen molar-refractivity contribution in [2.75, 3.05) is 25.1 Å². The molecule has 0 radical (unpaired) electrons. The van der Waals surface area contributed by atoms with Crippen LogP contribution in [0.2, 0.25) is 0 Å². The molecule has 2 atom stereocenters. The van der Waals surface area contributed by atoms with E-state index in [0.29, 0.717) is 18.1 Å². The van der Waals surface area contributed by atoms with Crippen LogP contribution >= 0.6 is 0 Å². The van der Waals surface area contributed by atoms with Crippen molar-refractivity contribution in [3.8, 4) is 17.0 Å². The fourth-order valence-corrected chi connectivity index (χ4v) is 4.64. The van der Waals surface area contributed by atoms with Gasteiger partial charge < -0.3 is 14.8 Å². The molecule has 3 aromatic rings. The molecule has 0 aliphatic carbocycles. The van der Waals surface area contributed by atoms with E-state index in [4.69, 9.17) is 9.47 Å². The van der Waals surface area contributed by atoms with Gasteiger partial charge in [0.15, 0.2) is 0 Å². The number of carbonyl (C=O) groups is 1. The van der Waals surface area contributed by atoms with E-state index in [0.717, 1.165) is 48.6 Å². The van der Waals surface area contributed by atoms with Crippen molar-refractivity contribution in [2.24, 2.45) is 0 Å². The van der Waals surface area contributed by atoms with E-state index in [-0.39, 0.29) is 25.0 Å². The number of hydrogen-bond acceptors (Lipinski definition) is 7. The van der Waals surface area contributed by atoms with Gasteiger partial charge in [-0.2, -0.15) is 0 Å². The summed E-state index contributed by atoms with van der Waals surface area (Å²) in [5, 5.41) is 2.94. The van der Waals surface area contributed by atoms with Gasteiger partial charge in [0.25, 0.3) is 0 Å². The van der Waals surface area contributed by atoms with Crippen molar-refractivity contribution in [1.29, 1.82) is 0 Å². The lowest BCUT2D eigenvalue weighted by atomic mass is 10.1. The van der Waals surface area contributed by atoms with E-state index < -0.39 is 12.2 Å². The van der Waals surface area contributed by atoms with Crippen LogP contribution in [0.1, 0.15) is 30.7 Å². The molecule has 0 spiro atoms. The van der Waals surface area contributed by atoms with E-state index >= 15 is 0 Å². The largest absolute Gasteiger partial charge is 0.474 e. The van der Waals surface area contributed by atoms with Crippen molar-refractivity contribution in [3.63, 3.8) is 0 Å². The number of pyridine rings is 1. The Morgan fingerprint density at radius 2 is 1.83 bits per heavy atom. The molecule has 0 unspecified atom stereocenters. The van der Waals surface area contributed by atoms with Crippen LogP contribution in [0.5, 0.6) is 5.88 Å². The lowest BCUT2D eigenvalue weighted by Gasteiger charge is -2.23. The molecular weight excluding hydrogens is 461 g/mol. The lowest BCUT2D eigenvalue weighted by molar-refractivity contribution is -0.120. The van der Waals surface area contributed by atoms with Crippen LogP contribution in [0.15, 0.2) is 55.0 Å². The predicted molar refractivity (Wildman–Crippen MR) is 133 cm³/mol. The summed E-state index contributed by atoms with van der Waals surface area (Å²) in [7, 11) is 0. The molecule has 36 heavy (non-hydrogen) atoms. The van der Waals surface area contributed by atoms with Gasteiger partial charge >= 0.3 is 0 Å². The van der Waals surface area contributed by atoms with E-state index in [1.165, 1.54) is 0 Å². The molecule has 9 heteroatoms. The van der Waals surface area contributed by atoms with Crippen molar-refractivity contribution in [2.45, 2.75) is 51.0 Å². The molecule has 1 N–H and O–H groups in total. The molecule has 8 nitrogen and oxygen atoms in total. The Balaban J connectivity index is 1.19. The highest BCUT2D eigenvalue weighted by Gasteiger charge is 2.37. The third kappa shape index (κ3) is 5.85. The van der Waals surface area contributed by atoms with Crippen LogP contribution in [-0.4, -0.2) is 63.8 Å². The number of aromatic nitrogens is 3. The molecule has 2 aliphatic heterocycles. The predicted octanol–water partition coefficient (Wildman–Crippen LogP) is 3.96. The maximum atomic E-state index is 14.2. The molecule has 1 amide bonds. The Morgan fingerprint density at radius 3 is 2.56 bits per heavy atom. The number of nitrogens with one attached hydrogen (secondary N) is 1. The highest BCUT2D eigenvalue weighted by atomic mass is 19.1. The van der Waals surface area contributed by atoms with Gasteiger partial charge in [0.2, 0.25) is 11.8 Å². The average molecular weight is 492 g/mol. The highest BCUT2D eigenvalue weighted by molar-refractivity contribution is 5.95. The van der Waals surface area contributed by atoms with Gasteiger partial charge in [-0.15, -0.1) is 0 Å². The van der Waals surface area contributed by atoms with Gasteiger partial charge in [-0.1, -0.05) is 12.1 Å². The summed E-state index contributed by atoms with van der Waals surface area (Å²) in [5.74, 6) is 0.388.